The average Bonchev–Trinajstić information content (AvgIpc) is 2.02. The van der Waals surface area contributed by atoms with E-state index in [0.717, 1.165) is 12.8 Å². The fourth-order valence-electron chi connectivity index (χ4n) is 1.68. The second kappa shape index (κ2) is 2.99. The lowest BCUT2D eigenvalue weighted by molar-refractivity contribution is -0.226. The first-order valence-corrected chi connectivity index (χ1v) is 4.30. The summed E-state index contributed by atoms with van der Waals surface area (Å²) in [5, 5.41) is 17.8. The average molecular weight is 172 g/mol. The Hall–Kier alpha value is -0.0951. The predicted molar refractivity (Wildman–Crippen MR) is 42.7 cm³/mol. The van der Waals surface area contributed by atoms with Crippen molar-refractivity contribution in [3.63, 3.8) is 0 Å². The molecule has 2 N–H and O–H groups in total. The van der Waals surface area contributed by atoms with E-state index in [2.05, 4.69) is 0 Å². The lowest BCUT2D eigenvalue weighted by Crippen LogP contribution is -2.55. The van der Waals surface area contributed by atoms with Gasteiger partial charge in [0.25, 0.3) is 0 Å². The summed E-state index contributed by atoms with van der Waals surface area (Å²) in [5.74, 6) is -0.115. The van der Waals surface area contributed by atoms with Gasteiger partial charge in [0, 0.05) is 12.4 Å². The lowest BCUT2D eigenvalue weighted by atomic mass is 9.68. The zero-order chi connectivity index (χ0) is 8.60. The molecule has 2 rings (SSSR count). The number of ether oxygens (including phenoxy) is 2. The molecule has 2 aliphatic heterocycles. The van der Waals surface area contributed by atoms with Crippen molar-refractivity contribution >= 4 is 7.12 Å². The van der Waals surface area contributed by atoms with Crippen LogP contribution in [0.1, 0.15) is 12.8 Å². The summed E-state index contributed by atoms with van der Waals surface area (Å²) in [6.07, 6.45) is 1.70. The zero-order valence-electron chi connectivity index (χ0n) is 6.90. The van der Waals surface area contributed by atoms with Crippen LogP contribution in [0.5, 0.6) is 0 Å². The number of rotatable bonds is 1. The number of hydrogen-bond acceptors (Lipinski definition) is 4. The van der Waals surface area contributed by atoms with Gasteiger partial charge in [0.05, 0.1) is 13.2 Å². The largest absolute Gasteiger partial charge is 0.457 e. The molecule has 2 heterocycles. The van der Waals surface area contributed by atoms with E-state index in [4.69, 9.17) is 19.5 Å². The Bertz CT molecular complexity index is 159. The van der Waals surface area contributed by atoms with Crippen molar-refractivity contribution in [1.82, 2.24) is 0 Å². The quantitative estimate of drug-likeness (QED) is 0.519. The fourth-order valence-corrected chi connectivity index (χ4v) is 1.68. The molecule has 1 atom stereocenters. The molecule has 4 nitrogen and oxygen atoms in total. The maximum Gasteiger partial charge on any atom is 0.457 e. The topological polar surface area (TPSA) is 58.9 Å². The van der Waals surface area contributed by atoms with Gasteiger partial charge < -0.3 is 19.5 Å². The van der Waals surface area contributed by atoms with Gasteiger partial charge in [0.15, 0.2) is 0 Å². The Kier molecular flexibility index (Phi) is 2.12. The molecule has 5 heteroatoms. The minimum absolute atomic E-state index is 0.0780. The Morgan fingerprint density at radius 3 is 2.42 bits per heavy atom. The van der Waals surface area contributed by atoms with Crippen LogP contribution in [0.15, 0.2) is 0 Å². The molecular weight excluding hydrogens is 159 g/mol. The van der Waals surface area contributed by atoms with E-state index >= 15 is 0 Å². The third-order valence-electron chi connectivity index (χ3n) is 2.73. The molecule has 68 valence electrons. The van der Waals surface area contributed by atoms with Crippen molar-refractivity contribution in [2.24, 2.45) is 0 Å². The van der Waals surface area contributed by atoms with Gasteiger partial charge in [-0.2, -0.15) is 0 Å². The summed E-state index contributed by atoms with van der Waals surface area (Å²) in [6, 6.07) is 0. The van der Waals surface area contributed by atoms with E-state index in [-0.39, 0.29) is 11.4 Å². The van der Waals surface area contributed by atoms with E-state index < -0.39 is 7.12 Å². The van der Waals surface area contributed by atoms with Crippen LogP contribution >= 0.6 is 0 Å². The summed E-state index contributed by atoms with van der Waals surface area (Å²) >= 11 is 0. The van der Waals surface area contributed by atoms with Crippen molar-refractivity contribution in [3.8, 4) is 0 Å². The lowest BCUT2D eigenvalue weighted by Gasteiger charge is -2.45. The highest BCUT2D eigenvalue weighted by molar-refractivity contribution is 6.43. The van der Waals surface area contributed by atoms with E-state index in [1.54, 1.807) is 0 Å². The molecule has 0 aromatic carbocycles. The van der Waals surface area contributed by atoms with Gasteiger partial charge in [-0.25, -0.2) is 0 Å². The standard InChI is InChI=1S/C7H13BO4/c9-8(10)6-1-2-7(12-3-6)4-11-5-7/h6,9-10H,1-5H2. The molecule has 0 saturated carbocycles. The highest BCUT2D eigenvalue weighted by Crippen LogP contribution is 2.36. The number of hydrogen-bond donors (Lipinski definition) is 2. The van der Waals surface area contributed by atoms with Crippen LogP contribution in [0.4, 0.5) is 0 Å². The van der Waals surface area contributed by atoms with Gasteiger partial charge in [-0.1, -0.05) is 0 Å². The van der Waals surface area contributed by atoms with Gasteiger partial charge in [-0.15, -0.1) is 0 Å². The molecule has 2 aliphatic rings. The van der Waals surface area contributed by atoms with E-state index in [1.807, 2.05) is 0 Å². The van der Waals surface area contributed by atoms with Crippen molar-refractivity contribution in [2.75, 3.05) is 19.8 Å². The van der Waals surface area contributed by atoms with Gasteiger partial charge >= 0.3 is 7.12 Å². The molecule has 0 bridgehead atoms. The van der Waals surface area contributed by atoms with Crippen LogP contribution in [0.2, 0.25) is 5.82 Å². The van der Waals surface area contributed by atoms with Crippen LogP contribution in [0.25, 0.3) is 0 Å². The molecule has 0 aliphatic carbocycles. The predicted octanol–water partition coefficient (Wildman–Crippen LogP) is -0.591. The first-order chi connectivity index (χ1) is 5.72. The summed E-state index contributed by atoms with van der Waals surface area (Å²) in [5.41, 5.74) is -0.0780. The Labute approximate surface area is 71.6 Å². The van der Waals surface area contributed by atoms with Crippen molar-refractivity contribution in [1.29, 1.82) is 0 Å². The molecular formula is C7H13BO4. The van der Waals surface area contributed by atoms with E-state index in [0.29, 0.717) is 19.8 Å². The zero-order valence-corrected chi connectivity index (χ0v) is 6.90. The highest BCUT2D eigenvalue weighted by Gasteiger charge is 2.44. The van der Waals surface area contributed by atoms with Crippen molar-refractivity contribution in [2.45, 2.75) is 24.3 Å². The van der Waals surface area contributed by atoms with Crippen molar-refractivity contribution < 1.29 is 19.5 Å². The van der Waals surface area contributed by atoms with Crippen LogP contribution in [0.3, 0.4) is 0 Å². The maximum absolute atomic E-state index is 8.88. The third-order valence-corrected chi connectivity index (χ3v) is 2.73. The molecule has 1 spiro atoms. The van der Waals surface area contributed by atoms with Crippen LogP contribution < -0.4 is 0 Å². The molecule has 0 radical (unpaired) electrons. The highest BCUT2D eigenvalue weighted by atomic mass is 16.6. The van der Waals surface area contributed by atoms with Crippen LogP contribution in [0, 0.1) is 0 Å². The molecule has 1 unspecified atom stereocenters. The summed E-state index contributed by atoms with van der Waals surface area (Å²) in [4.78, 5) is 0. The monoisotopic (exact) mass is 172 g/mol. The third kappa shape index (κ3) is 1.37. The van der Waals surface area contributed by atoms with Gasteiger partial charge in [0.2, 0.25) is 0 Å². The Morgan fingerprint density at radius 1 is 1.33 bits per heavy atom. The van der Waals surface area contributed by atoms with Gasteiger partial charge in [-0.3, -0.25) is 0 Å². The maximum atomic E-state index is 8.88. The molecule has 12 heavy (non-hydrogen) atoms. The SMILES string of the molecule is OB(O)C1CCC2(COC2)OC1. The van der Waals surface area contributed by atoms with E-state index in [9.17, 15) is 0 Å². The minimum Gasteiger partial charge on any atom is -0.427 e. The summed E-state index contributed by atoms with van der Waals surface area (Å²) < 4.78 is 10.6. The first-order valence-electron chi connectivity index (χ1n) is 4.30. The summed E-state index contributed by atoms with van der Waals surface area (Å²) in [7, 11) is -1.23. The van der Waals surface area contributed by atoms with Crippen molar-refractivity contribution in [3.05, 3.63) is 0 Å². The Balaban J connectivity index is 1.84. The second-order valence-corrected chi connectivity index (χ2v) is 3.70. The molecule has 0 aromatic heterocycles. The molecule has 0 aromatic rings. The fraction of sp³-hybridized carbons (Fsp3) is 1.00. The molecule has 0 amide bonds. The second-order valence-electron chi connectivity index (χ2n) is 3.70. The smallest absolute Gasteiger partial charge is 0.427 e. The normalized spacial score (nSPS) is 33.0. The van der Waals surface area contributed by atoms with Gasteiger partial charge in [0.1, 0.15) is 5.60 Å². The van der Waals surface area contributed by atoms with Gasteiger partial charge in [-0.05, 0) is 12.8 Å². The Morgan fingerprint density at radius 2 is 2.08 bits per heavy atom. The molecule has 2 fully saturated rings. The van der Waals surface area contributed by atoms with E-state index in [1.165, 1.54) is 0 Å². The molecule has 2 saturated heterocycles. The van der Waals surface area contributed by atoms with Crippen LogP contribution in [-0.4, -0.2) is 42.6 Å². The minimum atomic E-state index is -1.23. The van der Waals surface area contributed by atoms with Crippen LogP contribution in [-0.2, 0) is 9.47 Å². The summed E-state index contributed by atoms with van der Waals surface area (Å²) in [6.45, 7) is 1.78. The first kappa shape index (κ1) is 8.50.